The van der Waals surface area contributed by atoms with E-state index >= 15 is 0 Å². The Kier molecular flexibility index (Phi) is 5.44. The fourth-order valence-electron chi connectivity index (χ4n) is 2.67. The Bertz CT molecular complexity index is 490. The van der Waals surface area contributed by atoms with Crippen molar-refractivity contribution in [1.29, 1.82) is 0 Å². The lowest BCUT2D eigenvalue weighted by Crippen LogP contribution is -2.40. The van der Waals surface area contributed by atoms with Crippen molar-refractivity contribution in [1.82, 2.24) is 10.6 Å². The summed E-state index contributed by atoms with van der Waals surface area (Å²) in [5, 5.41) is 14.5. The van der Waals surface area contributed by atoms with E-state index in [1.54, 1.807) is 0 Å². The second kappa shape index (κ2) is 7.31. The summed E-state index contributed by atoms with van der Waals surface area (Å²) in [6, 6.07) is 6.18. The van der Waals surface area contributed by atoms with E-state index in [0.717, 1.165) is 18.5 Å². The number of hydrogen-bond donors (Lipinski definition) is 3. The zero-order chi connectivity index (χ0) is 15.2. The van der Waals surface area contributed by atoms with E-state index in [1.807, 2.05) is 6.92 Å². The molecule has 1 aromatic carbocycles. The van der Waals surface area contributed by atoms with Crippen molar-refractivity contribution < 1.29 is 9.90 Å². The van der Waals surface area contributed by atoms with E-state index in [1.165, 1.54) is 17.7 Å². The van der Waals surface area contributed by atoms with Gasteiger partial charge in [0.25, 0.3) is 0 Å². The molecular formula is C16H25N3O2. The number of aryl methyl sites for hydroxylation is 1. The predicted octanol–water partition coefficient (Wildman–Crippen LogP) is 1.64. The number of aliphatic hydroxyl groups is 1. The summed E-state index contributed by atoms with van der Waals surface area (Å²) in [6.07, 6.45) is 2.85. The van der Waals surface area contributed by atoms with Gasteiger partial charge >= 0.3 is 6.03 Å². The number of nitrogens with zero attached hydrogens (tertiary/aromatic N) is 1. The van der Waals surface area contributed by atoms with E-state index in [9.17, 15) is 4.79 Å². The molecule has 1 heterocycles. The molecule has 2 amide bonds. The van der Waals surface area contributed by atoms with Crippen LogP contribution in [-0.4, -0.2) is 37.4 Å². The van der Waals surface area contributed by atoms with Gasteiger partial charge in [0.15, 0.2) is 0 Å². The van der Waals surface area contributed by atoms with Crippen LogP contribution >= 0.6 is 0 Å². The maximum Gasteiger partial charge on any atom is 0.315 e. The van der Waals surface area contributed by atoms with Crippen LogP contribution in [0.4, 0.5) is 10.5 Å². The summed E-state index contributed by atoms with van der Waals surface area (Å²) in [6.45, 7) is 3.59. The summed E-state index contributed by atoms with van der Waals surface area (Å²) >= 11 is 0. The van der Waals surface area contributed by atoms with Gasteiger partial charge in [-0.3, -0.25) is 0 Å². The highest BCUT2D eigenvalue weighted by atomic mass is 16.3. The molecule has 2 rings (SSSR count). The molecule has 0 spiro atoms. The van der Waals surface area contributed by atoms with Crippen LogP contribution in [0.5, 0.6) is 0 Å². The van der Waals surface area contributed by atoms with E-state index in [4.69, 9.17) is 5.11 Å². The van der Waals surface area contributed by atoms with Crippen LogP contribution in [-0.2, 0) is 13.0 Å². The molecule has 0 fully saturated rings. The second-order valence-corrected chi connectivity index (χ2v) is 5.73. The quantitative estimate of drug-likeness (QED) is 0.773. The standard InChI is InChI=1S/C16H25N3O2/c1-12(7-9-20)18-16(21)17-11-13-5-6-15-14(10-13)4-3-8-19(15)2/h5-6,10,12,20H,3-4,7-9,11H2,1-2H3,(H2,17,18,21)/t12-/m1/s1. The second-order valence-electron chi connectivity index (χ2n) is 5.73. The van der Waals surface area contributed by atoms with Crippen LogP contribution in [0.3, 0.4) is 0 Å². The Labute approximate surface area is 126 Å². The molecule has 0 saturated heterocycles. The first-order valence-electron chi connectivity index (χ1n) is 7.58. The van der Waals surface area contributed by atoms with Crippen LogP contribution in [0.2, 0.25) is 0 Å². The lowest BCUT2D eigenvalue weighted by Gasteiger charge is -2.27. The summed E-state index contributed by atoms with van der Waals surface area (Å²) in [7, 11) is 2.12. The number of nitrogens with one attached hydrogen (secondary N) is 2. The average Bonchev–Trinajstić information content (AvgIpc) is 2.45. The monoisotopic (exact) mass is 291 g/mol. The van der Waals surface area contributed by atoms with Gasteiger partial charge in [0, 0.05) is 38.5 Å². The van der Waals surface area contributed by atoms with Crippen molar-refractivity contribution in [3.8, 4) is 0 Å². The molecule has 0 aliphatic carbocycles. The molecule has 1 aliphatic heterocycles. The Morgan fingerprint density at radius 2 is 2.29 bits per heavy atom. The first-order chi connectivity index (χ1) is 10.1. The van der Waals surface area contributed by atoms with E-state index < -0.39 is 0 Å². The molecule has 5 heteroatoms. The van der Waals surface area contributed by atoms with Crippen LogP contribution in [0.25, 0.3) is 0 Å². The van der Waals surface area contributed by atoms with Crippen molar-refractivity contribution in [3.63, 3.8) is 0 Å². The van der Waals surface area contributed by atoms with Crippen LogP contribution in [0.15, 0.2) is 18.2 Å². The highest BCUT2D eigenvalue weighted by Crippen LogP contribution is 2.26. The highest BCUT2D eigenvalue weighted by molar-refractivity contribution is 5.74. The molecule has 0 radical (unpaired) electrons. The third kappa shape index (κ3) is 4.36. The Balaban J connectivity index is 1.88. The van der Waals surface area contributed by atoms with Gasteiger partial charge in [-0.15, -0.1) is 0 Å². The molecule has 5 nitrogen and oxygen atoms in total. The molecule has 0 bridgehead atoms. The molecule has 0 saturated carbocycles. The number of fused-ring (bicyclic) bond motifs is 1. The molecule has 1 atom stereocenters. The number of benzene rings is 1. The number of amides is 2. The molecule has 1 aromatic rings. The van der Waals surface area contributed by atoms with Crippen molar-refractivity contribution in [2.45, 2.75) is 38.8 Å². The number of carbonyl (C=O) groups excluding carboxylic acids is 1. The molecule has 21 heavy (non-hydrogen) atoms. The Morgan fingerprint density at radius 3 is 3.05 bits per heavy atom. The molecule has 0 aromatic heterocycles. The van der Waals surface area contributed by atoms with Crippen molar-refractivity contribution in [3.05, 3.63) is 29.3 Å². The number of rotatable bonds is 5. The normalized spacial score (nSPS) is 15.3. The van der Waals surface area contributed by atoms with Gasteiger partial charge in [0.05, 0.1) is 0 Å². The summed E-state index contributed by atoms with van der Waals surface area (Å²) in [5.74, 6) is 0. The van der Waals surface area contributed by atoms with Crippen molar-refractivity contribution >= 4 is 11.7 Å². The van der Waals surface area contributed by atoms with E-state index in [2.05, 4.69) is 40.8 Å². The zero-order valence-electron chi connectivity index (χ0n) is 12.9. The van der Waals surface area contributed by atoms with E-state index in [-0.39, 0.29) is 18.7 Å². The summed E-state index contributed by atoms with van der Waals surface area (Å²) < 4.78 is 0. The maximum atomic E-state index is 11.7. The maximum absolute atomic E-state index is 11.7. The molecule has 0 unspecified atom stereocenters. The molecule has 116 valence electrons. The Hall–Kier alpha value is -1.75. The minimum atomic E-state index is -0.189. The third-order valence-corrected chi connectivity index (χ3v) is 3.89. The van der Waals surface area contributed by atoms with Gasteiger partial charge in [-0.2, -0.15) is 0 Å². The molecular weight excluding hydrogens is 266 g/mol. The number of anilines is 1. The van der Waals surface area contributed by atoms with Crippen LogP contribution < -0.4 is 15.5 Å². The van der Waals surface area contributed by atoms with Gasteiger partial charge in [-0.1, -0.05) is 12.1 Å². The topological polar surface area (TPSA) is 64.6 Å². The lowest BCUT2D eigenvalue weighted by molar-refractivity contribution is 0.230. The number of aliphatic hydroxyl groups excluding tert-OH is 1. The molecule has 3 N–H and O–H groups in total. The minimum absolute atomic E-state index is 0.0211. The fourth-order valence-corrected chi connectivity index (χ4v) is 2.67. The first kappa shape index (κ1) is 15.6. The van der Waals surface area contributed by atoms with Crippen molar-refractivity contribution in [2.24, 2.45) is 0 Å². The summed E-state index contributed by atoms with van der Waals surface area (Å²) in [5.41, 5.74) is 3.78. The number of hydrogen-bond acceptors (Lipinski definition) is 3. The van der Waals surface area contributed by atoms with Gasteiger partial charge in [0.2, 0.25) is 0 Å². The lowest BCUT2D eigenvalue weighted by atomic mass is 9.99. The van der Waals surface area contributed by atoms with Crippen LogP contribution in [0.1, 0.15) is 30.9 Å². The minimum Gasteiger partial charge on any atom is -0.396 e. The van der Waals surface area contributed by atoms with Gasteiger partial charge < -0.3 is 20.6 Å². The van der Waals surface area contributed by atoms with Gasteiger partial charge in [-0.05, 0) is 43.4 Å². The first-order valence-corrected chi connectivity index (χ1v) is 7.58. The summed E-state index contributed by atoms with van der Waals surface area (Å²) in [4.78, 5) is 14.0. The SMILES string of the molecule is C[C@H](CCO)NC(=O)NCc1ccc2c(c1)CCCN2C. The number of urea groups is 1. The average molecular weight is 291 g/mol. The zero-order valence-corrected chi connectivity index (χ0v) is 12.9. The fraction of sp³-hybridized carbons (Fsp3) is 0.562. The highest BCUT2D eigenvalue weighted by Gasteiger charge is 2.14. The van der Waals surface area contributed by atoms with Gasteiger partial charge in [-0.25, -0.2) is 4.79 Å². The smallest absolute Gasteiger partial charge is 0.315 e. The molecule has 1 aliphatic rings. The van der Waals surface area contributed by atoms with Crippen molar-refractivity contribution in [2.75, 3.05) is 25.1 Å². The predicted molar refractivity (Wildman–Crippen MR) is 84.6 cm³/mol. The Morgan fingerprint density at radius 1 is 1.48 bits per heavy atom. The number of carbonyl (C=O) groups is 1. The van der Waals surface area contributed by atoms with Gasteiger partial charge in [0.1, 0.15) is 0 Å². The van der Waals surface area contributed by atoms with E-state index in [0.29, 0.717) is 13.0 Å². The third-order valence-electron chi connectivity index (χ3n) is 3.89. The van der Waals surface area contributed by atoms with Crippen LogP contribution in [0, 0.1) is 0 Å². The largest absolute Gasteiger partial charge is 0.396 e.